The van der Waals surface area contributed by atoms with E-state index >= 15 is 0 Å². The van der Waals surface area contributed by atoms with Crippen molar-refractivity contribution < 1.29 is 0 Å². The third-order valence-electron chi connectivity index (χ3n) is 7.18. The van der Waals surface area contributed by atoms with Crippen LogP contribution in [-0.4, -0.2) is 45.1 Å². The van der Waals surface area contributed by atoms with Gasteiger partial charge in [-0.2, -0.15) is 0 Å². The summed E-state index contributed by atoms with van der Waals surface area (Å²) in [7, 11) is 0. The minimum atomic E-state index is 0.459. The summed E-state index contributed by atoms with van der Waals surface area (Å²) in [6.07, 6.45) is 14.2. The second kappa shape index (κ2) is 8.29. The zero-order chi connectivity index (χ0) is 23.2. The number of benzene rings is 1. The second-order valence-electron chi connectivity index (χ2n) is 9.25. The largest absolute Gasteiger partial charge is 0.351 e. The van der Waals surface area contributed by atoms with Crippen LogP contribution in [0, 0.1) is 0 Å². The van der Waals surface area contributed by atoms with Crippen molar-refractivity contribution in [2.75, 3.05) is 23.3 Å². The average Bonchev–Trinajstić information content (AvgIpc) is 3.48. The fourth-order valence-corrected chi connectivity index (χ4v) is 5.43. The lowest BCUT2D eigenvalue weighted by Crippen LogP contribution is -2.35. The van der Waals surface area contributed by atoms with Gasteiger partial charge in [0.1, 0.15) is 11.6 Å². The third-order valence-corrected chi connectivity index (χ3v) is 7.18. The molecule has 7 rings (SSSR count). The van der Waals surface area contributed by atoms with Crippen LogP contribution in [0.25, 0.3) is 27.9 Å². The molecule has 35 heavy (non-hydrogen) atoms. The van der Waals surface area contributed by atoms with Gasteiger partial charge in [0.05, 0.1) is 17.1 Å². The lowest BCUT2D eigenvalue weighted by molar-refractivity contribution is 0.600. The molecule has 172 valence electrons. The lowest BCUT2D eigenvalue weighted by atomic mass is 9.97. The molecule has 2 fully saturated rings. The molecule has 2 unspecified atom stereocenters. The van der Waals surface area contributed by atoms with Crippen LogP contribution in [0.4, 0.5) is 17.3 Å². The van der Waals surface area contributed by atoms with Crippen LogP contribution in [0.3, 0.4) is 0 Å². The van der Waals surface area contributed by atoms with Crippen molar-refractivity contribution in [2.45, 2.75) is 24.9 Å². The first-order valence-corrected chi connectivity index (χ1v) is 12.2. The standard InChI is InChI=1S/C28H25N7/c1-2-7-20(8-3-1)32-25-15-19(9-12-31-25)27-33-23-17-29-16-21(18-5-4-6-18)26(23)28(34-27)35-14-11-22-24(35)10-13-30-22/h1-9,12,15-17,22,24,30H,10-11,13-14H2,(H,31,32). The van der Waals surface area contributed by atoms with Gasteiger partial charge in [-0.15, -0.1) is 0 Å². The number of hydrogen-bond donors (Lipinski definition) is 2. The second-order valence-corrected chi connectivity index (χ2v) is 9.25. The minimum Gasteiger partial charge on any atom is -0.351 e. The van der Waals surface area contributed by atoms with Crippen molar-refractivity contribution in [2.24, 2.45) is 0 Å². The third kappa shape index (κ3) is 3.56. The summed E-state index contributed by atoms with van der Waals surface area (Å²) in [5.74, 6) is 2.46. The number of allylic oxidation sites excluding steroid dienone is 4. The van der Waals surface area contributed by atoms with Gasteiger partial charge in [-0.1, -0.05) is 36.4 Å². The normalized spacial score (nSPS) is 20.6. The predicted molar refractivity (Wildman–Crippen MR) is 140 cm³/mol. The number of aromatic nitrogens is 4. The minimum absolute atomic E-state index is 0.459. The highest BCUT2D eigenvalue weighted by Gasteiger charge is 2.39. The molecule has 0 spiro atoms. The molecule has 0 saturated carbocycles. The van der Waals surface area contributed by atoms with Crippen LogP contribution in [0.15, 0.2) is 79.3 Å². The maximum atomic E-state index is 5.22. The van der Waals surface area contributed by atoms with E-state index in [0.717, 1.165) is 65.3 Å². The molecule has 2 aliphatic heterocycles. The fourth-order valence-electron chi connectivity index (χ4n) is 5.43. The van der Waals surface area contributed by atoms with Crippen LogP contribution >= 0.6 is 0 Å². The van der Waals surface area contributed by atoms with Crippen LogP contribution in [-0.2, 0) is 0 Å². The Morgan fingerprint density at radius 1 is 1.03 bits per heavy atom. The summed E-state index contributed by atoms with van der Waals surface area (Å²) in [4.78, 5) is 21.7. The van der Waals surface area contributed by atoms with E-state index in [1.165, 1.54) is 5.57 Å². The number of hydrogen-bond acceptors (Lipinski definition) is 7. The molecular formula is C28H25N7. The van der Waals surface area contributed by atoms with Crippen molar-refractivity contribution in [3.63, 3.8) is 0 Å². The molecule has 3 aliphatic rings. The van der Waals surface area contributed by atoms with Gasteiger partial charge in [0.25, 0.3) is 0 Å². The first-order valence-electron chi connectivity index (χ1n) is 12.2. The summed E-state index contributed by atoms with van der Waals surface area (Å²) in [5.41, 5.74) is 5.06. The predicted octanol–water partition coefficient (Wildman–Crippen LogP) is 4.72. The van der Waals surface area contributed by atoms with Gasteiger partial charge < -0.3 is 15.5 Å². The van der Waals surface area contributed by atoms with E-state index in [0.29, 0.717) is 17.9 Å². The Balaban J connectivity index is 1.36. The smallest absolute Gasteiger partial charge is 0.162 e. The fraction of sp³-hybridized carbons (Fsp3) is 0.214. The highest BCUT2D eigenvalue weighted by atomic mass is 15.3. The van der Waals surface area contributed by atoms with Gasteiger partial charge in [-0.25, -0.2) is 15.0 Å². The molecule has 5 heterocycles. The Morgan fingerprint density at radius 2 is 1.94 bits per heavy atom. The molecule has 3 aromatic heterocycles. The number of nitrogens with one attached hydrogen (secondary N) is 2. The topological polar surface area (TPSA) is 78.9 Å². The zero-order valence-electron chi connectivity index (χ0n) is 19.2. The summed E-state index contributed by atoms with van der Waals surface area (Å²) in [6, 6.07) is 15.0. The van der Waals surface area contributed by atoms with Gasteiger partial charge >= 0.3 is 0 Å². The van der Waals surface area contributed by atoms with E-state index in [4.69, 9.17) is 9.97 Å². The number of pyridine rings is 2. The SMILES string of the molecule is C1=CC(c2cncc3nc(-c4ccnc(Nc5ccccc5)c4)nc(N4CCC5NCCC54)c23)=C1. The molecule has 2 N–H and O–H groups in total. The summed E-state index contributed by atoms with van der Waals surface area (Å²) >= 11 is 0. The first-order chi connectivity index (χ1) is 17.3. The Bertz CT molecular complexity index is 1480. The molecule has 0 amide bonds. The van der Waals surface area contributed by atoms with E-state index in [2.05, 4.69) is 43.7 Å². The molecule has 2 saturated heterocycles. The van der Waals surface area contributed by atoms with Crippen molar-refractivity contribution in [3.8, 4) is 11.4 Å². The monoisotopic (exact) mass is 459 g/mol. The van der Waals surface area contributed by atoms with E-state index < -0.39 is 0 Å². The Morgan fingerprint density at radius 3 is 2.80 bits per heavy atom. The number of rotatable bonds is 5. The van der Waals surface area contributed by atoms with Crippen LogP contribution in [0.2, 0.25) is 0 Å². The zero-order valence-corrected chi connectivity index (χ0v) is 19.2. The number of para-hydroxylation sites is 1. The van der Waals surface area contributed by atoms with Crippen molar-refractivity contribution in [1.29, 1.82) is 0 Å². The quantitative estimate of drug-likeness (QED) is 0.447. The van der Waals surface area contributed by atoms with Gasteiger partial charge in [0, 0.05) is 47.8 Å². The van der Waals surface area contributed by atoms with E-state index in [1.807, 2.05) is 54.9 Å². The number of nitrogens with zero attached hydrogens (tertiary/aromatic N) is 5. The highest BCUT2D eigenvalue weighted by molar-refractivity contribution is 6.02. The summed E-state index contributed by atoms with van der Waals surface area (Å²) in [5, 5.41) is 8.13. The van der Waals surface area contributed by atoms with E-state index in [-0.39, 0.29) is 0 Å². The van der Waals surface area contributed by atoms with Crippen LogP contribution in [0.1, 0.15) is 18.4 Å². The maximum absolute atomic E-state index is 5.22. The molecule has 0 bridgehead atoms. The molecule has 1 aromatic carbocycles. The number of fused-ring (bicyclic) bond motifs is 2. The van der Waals surface area contributed by atoms with Gasteiger partial charge in [0.15, 0.2) is 5.82 Å². The summed E-state index contributed by atoms with van der Waals surface area (Å²) in [6.45, 7) is 2.05. The molecule has 7 nitrogen and oxygen atoms in total. The van der Waals surface area contributed by atoms with Gasteiger partial charge in [0.2, 0.25) is 0 Å². The van der Waals surface area contributed by atoms with Crippen LogP contribution < -0.4 is 15.5 Å². The summed E-state index contributed by atoms with van der Waals surface area (Å²) < 4.78 is 0. The molecule has 0 radical (unpaired) electrons. The van der Waals surface area contributed by atoms with Gasteiger partial charge in [-0.3, -0.25) is 4.98 Å². The van der Waals surface area contributed by atoms with Gasteiger partial charge in [-0.05, 0) is 49.2 Å². The van der Waals surface area contributed by atoms with Crippen molar-refractivity contribution in [3.05, 3.63) is 84.8 Å². The molecule has 1 aliphatic carbocycles. The van der Waals surface area contributed by atoms with E-state index in [1.54, 1.807) is 6.20 Å². The molecule has 7 heteroatoms. The number of anilines is 3. The van der Waals surface area contributed by atoms with Crippen molar-refractivity contribution in [1.82, 2.24) is 25.3 Å². The van der Waals surface area contributed by atoms with Crippen molar-refractivity contribution >= 4 is 33.8 Å². The van der Waals surface area contributed by atoms with Crippen LogP contribution in [0.5, 0.6) is 0 Å². The average molecular weight is 460 g/mol. The Kier molecular flexibility index (Phi) is 4.80. The Labute approximate surface area is 203 Å². The first kappa shape index (κ1) is 20.3. The molecular weight excluding hydrogens is 434 g/mol. The molecule has 4 aromatic rings. The Hall–Kier alpha value is -4.10. The lowest BCUT2D eigenvalue weighted by Gasteiger charge is -2.27. The van der Waals surface area contributed by atoms with E-state index in [9.17, 15) is 0 Å². The highest BCUT2D eigenvalue weighted by Crippen LogP contribution is 2.39. The maximum Gasteiger partial charge on any atom is 0.162 e. The molecule has 2 atom stereocenters.